The van der Waals surface area contributed by atoms with E-state index in [0.29, 0.717) is 11.7 Å². The van der Waals surface area contributed by atoms with Gasteiger partial charge in [-0.15, -0.1) is 0 Å². The minimum Gasteiger partial charge on any atom is -0.316 e. The fourth-order valence-electron chi connectivity index (χ4n) is 2.54. The molecule has 13 heavy (non-hydrogen) atoms. The molecule has 2 atom stereocenters. The highest BCUT2D eigenvalue weighted by Crippen LogP contribution is 2.30. The number of hydrogen-bond acceptors (Lipinski definition) is 3. The van der Waals surface area contributed by atoms with Crippen LogP contribution in [0.5, 0.6) is 0 Å². The molecule has 0 aromatic heterocycles. The summed E-state index contributed by atoms with van der Waals surface area (Å²) < 4.78 is 23.3. The maximum Gasteiger partial charge on any atom is 0.153 e. The van der Waals surface area contributed by atoms with Gasteiger partial charge in [0.25, 0.3) is 0 Å². The van der Waals surface area contributed by atoms with E-state index in [1.54, 1.807) is 0 Å². The average Bonchev–Trinajstić information content (AvgIpc) is 2.47. The summed E-state index contributed by atoms with van der Waals surface area (Å²) in [4.78, 5) is 0. The van der Waals surface area contributed by atoms with E-state index in [4.69, 9.17) is 0 Å². The summed E-state index contributed by atoms with van der Waals surface area (Å²) in [6, 6.07) is 0. The molecule has 2 rings (SSSR count). The van der Waals surface area contributed by atoms with E-state index in [-0.39, 0.29) is 5.25 Å². The lowest BCUT2D eigenvalue weighted by molar-refractivity contribution is 0.356. The van der Waals surface area contributed by atoms with Gasteiger partial charge in [0, 0.05) is 0 Å². The van der Waals surface area contributed by atoms with Crippen molar-refractivity contribution in [2.45, 2.75) is 30.9 Å². The number of piperidine rings is 1. The average molecular weight is 203 g/mol. The Morgan fingerprint density at radius 2 is 2.00 bits per heavy atom. The molecule has 3 nitrogen and oxygen atoms in total. The monoisotopic (exact) mass is 203 g/mol. The Hall–Kier alpha value is -0.0900. The molecule has 0 saturated carbocycles. The molecule has 0 aromatic carbocycles. The first-order valence-electron chi connectivity index (χ1n) is 5.12. The van der Waals surface area contributed by atoms with E-state index in [9.17, 15) is 8.42 Å². The van der Waals surface area contributed by atoms with Crippen LogP contribution in [0.3, 0.4) is 0 Å². The van der Waals surface area contributed by atoms with E-state index >= 15 is 0 Å². The molecule has 0 aromatic rings. The Bertz CT molecular complexity index is 267. The first-order valence-corrected chi connectivity index (χ1v) is 6.84. The van der Waals surface area contributed by atoms with Gasteiger partial charge in [-0.25, -0.2) is 8.42 Å². The highest BCUT2D eigenvalue weighted by Gasteiger charge is 2.37. The molecule has 0 amide bonds. The smallest absolute Gasteiger partial charge is 0.153 e. The summed E-state index contributed by atoms with van der Waals surface area (Å²) in [5.74, 6) is 0.815. The standard InChI is InChI=1S/C9H17NO2S/c11-13(12)6-2-4-9(13)8-3-1-5-10-7-8/h8-10H,1-7H2/t8-,9+/m0/s1. The van der Waals surface area contributed by atoms with Gasteiger partial charge in [-0.1, -0.05) is 0 Å². The maximum absolute atomic E-state index is 11.6. The van der Waals surface area contributed by atoms with Crippen LogP contribution < -0.4 is 5.32 Å². The van der Waals surface area contributed by atoms with Crippen molar-refractivity contribution < 1.29 is 8.42 Å². The third-order valence-corrected chi connectivity index (χ3v) is 5.64. The summed E-state index contributed by atoms with van der Waals surface area (Å²) >= 11 is 0. The van der Waals surface area contributed by atoms with Gasteiger partial charge in [0.1, 0.15) is 0 Å². The molecule has 0 aliphatic carbocycles. The van der Waals surface area contributed by atoms with Crippen molar-refractivity contribution in [2.75, 3.05) is 18.8 Å². The van der Waals surface area contributed by atoms with Crippen LogP contribution in [0, 0.1) is 5.92 Å². The van der Waals surface area contributed by atoms with Gasteiger partial charge in [-0.3, -0.25) is 0 Å². The zero-order chi connectivity index (χ0) is 9.31. The second-order valence-corrected chi connectivity index (χ2v) is 6.49. The molecule has 2 heterocycles. The van der Waals surface area contributed by atoms with E-state index in [1.807, 2.05) is 0 Å². The van der Waals surface area contributed by atoms with E-state index in [0.717, 1.165) is 38.8 Å². The second kappa shape index (κ2) is 3.58. The predicted octanol–water partition coefficient (Wildman–Crippen LogP) is 0.563. The molecule has 0 bridgehead atoms. The van der Waals surface area contributed by atoms with Gasteiger partial charge in [0.15, 0.2) is 9.84 Å². The maximum atomic E-state index is 11.6. The normalized spacial score (nSPS) is 39.1. The topological polar surface area (TPSA) is 46.2 Å². The SMILES string of the molecule is O=S1(=O)CCC[C@@H]1[C@H]1CCCNC1. The Morgan fingerprint density at radius 3 is 2.54 bits per heavy atom. The van der Waals surface area contributed by atoms with Crippen LogP contribution in [0.1, 0.15) is 25.7 Å². The highest BCUT2D eigenvalue weighted by molar-refractivity contribution is 7.92. The van der Waals surface area contributed by atoms with E-state index in [2.05, 4.69) is 5.32 Å². The van der Waals surface area contributed by atoms with Crippen molar-refractivity contribution >= 4 is 9.84 Å². The molecule has 2 fully saturated rings. The Morgan fingerprint density at radius 1 is 1.15 bits per heavy atom. The molecule has 0 unspecified atom stereocenters. The molecule has 76 valence electrons. The van der Waals surface area contributed by atoms with E-state index in [1.165, 1.54) is 0 Å². The molecule has 2 aliphatic rings. The minimum atomic E-state index is -2.73. The molecular weight excluding hydrogens is 186 g/mol. The van der Waals surface area contributed by atoms with Crippen molar-refractivity contribution in [1.82, 2.24) is 5.32 Å². The minimum absolute atomic E-state index is 0.0275. The van der Waals surface area contributed by atoms with Crippen molar-refractivity contribution in [3.8, 4) is 0 Å². The van der Waals surface area contributed by atoms with Crippen LogP contribution in [0.2, 0.25) is 0 Å². The molecular formula is C9H17NO2S. The Kier molecular flexibility index (Phi) is 2.60. The fourth-order valence-corrected chi connectivity index (χ4v) is 4.76. The third kappa shape index (κ3) is 1.89. The first kappa shape index (κ1) is 9.46. The number of hydrogen-bond donors (Lipinski definition) is 1. The molecule has 0 radical (unpaired) electrons. The Balaban J connectivity index is 2.07. The summed E-state index contributed by atoms with van der Waals surface area (Å²) in [6.07, 6.45) is 4.01. The Labute approximate surface area is 79.8 Å². The van der Waals surface area contributed by atoms with Crippen molar-refractivity contribution in [2.24, 2.45) is 5.92 Å². The number of sulfone groups is 1. The molecule has 2 aliphatic heterocycles. The van der Waals surface area contributed by atoms with E-state index < -0.39 is 9.84 Å². The van der Waals surface area contributed by atoms with Crippen LogP contribution in [0.25, 0.3) is 0 Å². The molecule has 1 N–H and O–H groups in total. The lowest BCUT2D eigenvalue weighted by Gasteiger charge is -2.27. The summed E-state index contributed by atoms with van der Waals surface area (Å²) in [5.41, 5.74) is 0. The molecule has 0 spiro atoms. The number of nitrogens with one attached hydrogen (secondary N) is 1. The van der Waals surface area contributed by atoms with Gasteiger partial charge in [-0.05, 0) is 44.7 Å². The van der Waals surface area contributed by atoms with Gasteiger partial charge in [-0.2, -0.15) is 0 Å². The first-order chi connectivity index (χ1) is 6.20. The lowest BCUT2D eigenvalue weighted by atomic mass is 9.94. The van der Waals surface area contributed by atoms with Crippen LogP contribution in [-0.4, -0.2) is 32.5 Å². The summed E-state index contributed by atoms with van der Waals surface area (Å²) in [5, 5.41) is 3.26. The van der Waals surface area contributed by atoms with Crippen LogP contribution in [0.4, 0.5) is 0 Å². The predicted molar refractivity (Wildman–Crippen MR) is 52.4 cm³/mol. The zero-order valence-electron chi connectivity index (χ0n) is 7.83. The third-order valence-electron chi connectivity index (χ3n) is 3.24. The largest absolute Gasteiger partial charge is 0.316 e. The van der Waals surface area contributed by atoms with Gasteiger partial charge in [0.2, 0.25) is 0 Å². The summed E-state index contributed by atoms with van der Waals surface area (Å²) in [6.45, 7) is 1.97. The van der Waals surface area contributed by atoms with Crippen LogP contribution in [0.15, 0.2) is 0 Å². The zero-order valence-corrected chi connectivity index (χ0v) is 8.65. The lowest BCUT2D eigenvalue weighted by Crippen LogP contribution is -2.38. The fraction of sp³-hybridized carbons (Fsp3) is 1.00. The van der Waals surface area contributed by atoms with Crippen LogP contribution >= 0.6 is 0 Å². The number of rotatable bonds is 1. The van der Waals surface area contributed by atoms with Crippen LogP contribution in [-0.2, 0) is 9.84 Å². The van der Waals surface area contributed by atoms with Gasteiger partial charge in [0.05, 0.1) is 11.0 Å². The molecule has 4 heteroatoms. The van der Waals surface area contributed by atoms with Crippen molar-refractivity contribution in [3.63, 3.8) is 0 Å². The summed E-state index contributed by atoms with van der Waals surface area (Å²) in [7, 11) is -2.73. The van der Waals surface area contributed by atoms with Gasteiger partial charge < -0.3 is 5.32 Å². The van der Waals surface area contributed by atoms with Crippen molar-refractivity contribution in [1.29, 1.82) is 0 Å². The molecule has 2 saturated heterocycles. The van der Waals surface area contributed by atoms with Gasteiger partial charge >= 0.3 is 0 Å². The second-order valence-electron chi connectivity index (χ2n) is 4.15. The highest BCUT2D eigenvalue weighted by atomic mass is 32.2. The quantitative estimate of drug-likeness (QED) is 0.677. The van der Waals surface area contributed by atoms with Crippen molar-refractivity contribution in [3.05, 3.63) is 0 Å².